The van der Waals surface area contributed by atoms with Crippen LogP contribution in [0.5, 0.6) is 0 Å². The summed E-state index contributed by atoms with van der Waals surface area (Å²) in [5.41, 5.74) is 12.1. The van der Waals surface area contributed by atoms with Crippen LogP contribution in [-0.2, 0) is 9.53 Å². The first-order valence-electron chi connectivity index (χ1n) is 9.53. The summed E-state index contributed by atoms with van der Waals surface area (Å²) < 4.78 is 5.17. The summed E-state index contributed by atoms with van der Waals surface area (Å²) in [5.74, 6) is -0.450. The molecule has 0 radical (unpaired) electrons. The quantitative estimate of drug-likeness (QED) is 0.641. The van der Waals surface area contributed by atoms with Gasteiger partial charge in [-0.25, -0.2) is 4.79 Å². The molecule has 0 fully saturated rings. The molecule has 5 heteroatoms. The third kappa shape index (κ3) is 5.20. The predicted octanol–water partition coefficient (Wildman–Crippen LogP) is 4.01. The number of hydrogen-bond donors (Lipinski definition) is 2. The van der Waals surface area contributed by atoms with Crippen molar-refractivity contribution in [3.63, 3.8) is 0 Å². The molecule has 0 bridgehead atoms. The van der Waals surface area contributed by atoms with Crippen molar-refractivity contribution >= 4 is 12.4 Å². The van der Waals surface area contributed by atoms with Crippen molar-refractivity contribution in [2.45, 2.75) is 50.7 Å². The van der Waals surface area contributed by atoms with E-state index in [-0.39, 0.29) is 11.8 Å². The second-order valence-corrected chi connectivity index (χ2v) is 7.99. The van der Waals surface area contributed by atoms with Gasteiger partial charge in [0.15, 0.2) is 0 Å². The highest BCUT2D eigenvalue weighted by Gasteiger charge is 2.42. The van der Waals surface area contributed by atoms with Gasteiger partial charge in [-0.2, -0.15) is 0 Å². The van der Waals surface area contributed by atoms with Crippen LogP contribution in [0.2, 0.25) is 0 Å². The van der Waals surface area contributed by atoms with Crippen LogP contribution in [0.25, 0.3) is 0 Å². The van der Waals surface area contributed by atoms with E-state index in [1.165, 1.54) is 0 Å². The predicted molar refractivity (Wildman–Crippen MR) is 111 cm³/mol. The van der Waals surface area contributed by atoms with Crippen molar-refractivity contribution in [3.8, 4) is 0 Å². The molecule has 2 aromatic rings. The Morgan fingerprint density at radius 1 is 1.04 bits per heavy atom. The van der Waals surface area contributed by atoms with E-state index < -0.39 is 17.2 Å². The maximum absolute atomic E-state index is 12.3. The van der Waals surface area contributed by atoms with E-state index >= 15 is 0 Å². The van der Waals surface area contributed by atoms with Crippen molar-refractivity contribution in [2.24, 2.45) is 17.4 Å². The summed E-state index contributed by atoms with van der Waals surface area (Å²) in [6.07, 6.45) is 1.20. The van der Waals surface area contributed by atoms with Crippen molar-refractivity contribution < 1.29 is 14.3 Å². The topological polar surface area (TPSA) is 95.4 Å². The molecule has 0 aliphatic carbocycles. The number of ether oxygens (including phenoxy) is 1. The van der Waals surface area contributed by atoms with E-state index in [1.54, 1.807) is 13.8 Å². The zero-order valence-electron chi connectivity index (χ0n) is 16.8. The molecule has 4 N–H and O–H groups in total. The lowest BCUT2D eigenvalue weighted by Gasteiger charge is -2.39. The maximum Gasteiger partial charge on any atom is 0.405 e. The van der Waals surface area contributed by atoms with E-state index in [9.17, 15) is 9.59 Å². The van der Waals surface area contributed by atoms with E-state index in [2.05, 4.69) is 0 Å². The third-order valence-electron chi connectivity index (χ3n) is 5.38. The van der Waals surface area contributed by atoms with Crippen LogP contribution in [-0.4, -0.2) is 23.5 Å². The summed E-state index contributed by atoms with van der Waals surface area (Å²) in [4.78, 5) is 23.4. The van der Waals surface area contributed by atoms with Gasteiger partial charge < -0.3 is 21.0 Å². The molecular formula is C23H30N2O3. The molecule has 2 unspecified atom stereocenters. The summed E-state index contributed by atoms with van der Waals surface area (Å²) in [7, 11) is 0. The second-order valence-electron chi connectivity index (χ2n) is 7.99. The molecule has 150 valence electrons. The van der Waals surface area contributed by atoms with Crippen molar-refractivity contribution in [2.75, 3.05) is 0 Å². The fraction of sp³-hybridized carbons (Fsp3) is 0.391. The number of hydrogen-bond acceptors (Lipinski definition) is 4. The Kier molecular flexibility index (Phi) is 6.97. The SMILES string of the molecule is CC(CCC(C)(C)OC(N)=O)C(N)(C=O)C(c1ccccc1)c1ccccc1. The largest absolute Gasteiger partial charge is 0.444 e. The Morgan fingerprint density at radius 2 is 1.50 bits per heavy atom. The first-order chi connectivity index (χ1) is 13.2. The summed E-state index contributed by atoms with van der Waals surface area (Å²) in [6, 6.07) is 19.7. The number of amides is 1. The van der Waals surface area contributed by atoms with Crippen LogP contribution in [0.3, 0.4) is 0 Å². The summed E-state index contributed by atoms with van der Waals surface area (Å²) >= 11 is 0. The highest BCUT2D eigenvalue weighted by molar-refractivity contribution is 5.69. The lowest BCUT2D eigenvalue weighted by molar-refractivity contribution is -0.114. The fourth-order valence-electron chi connectivity index (χ4n) is 3.67. The Bertz CT molecular complexity index is 737. The number of primary amides is 1. The number of nitrogens with two attached hydrogens (primary N) is 2. The minimum absolute atomic E-state index is 0.161. The van der Waals surface area contributed by atoms with Gasteiger partial charge in [-0.3, -0.25) is 0 Å². The molecular weight excluding hydrogens is 352 g/mol. The molecule has 28 heavy (non-hydrogen) atoms. The van der Waals surface area contributed by atoms with E-state index in [0.29, 0.717) is 12.8 Å². The third-order valence-corrected chi connectivity index (χ3v) is 5.38. The normalized spacial score (nSPS) is 14.9. The minimum atomic E-state index is -1.12. The van der Waals surface area contributed by atoms with Gasteiger partial charge in [0.2, 0.25) is 0 Å². The number of rotatable bonds is 9. The van der Waals surface area contributed by atoms with Crippen molar-refractivity contribution in [1.29, 1.82) is 0 Å². The van der Waals surface area contributed by atoms with Gasteiger partial charge in [0.05, 0.1) is 5.54 Å². The molecule has 2 aromatic carbocycles. The molecule has 0 spiro atoms. The lowest BCUT2D eigenvalue weighted by Crippen LogP contribution is -2.53. The molecule has 0 saturated carbocycles. The van der Waals surface area contributed by atoms with Crippen LogP contribution in [0.4, 0.5) is 4.79 Å². The number of carbonyl (C=O) groups is 2. The minimum Gasteiger partial charge on any atom is -0.444 e. The number of carbonyl (C=O) groups excluding carboxylic acids is 2. The highest BCUT2D eigenvalue weighted by Crippen LogP contribution is 2.39. The second kappa shape index (κ2) is 9.02. The van der Waals surface area contributed by atoms with Crippen molar-refractivity contribution in [3.05, 3.63) is 71.8 Å². The first-order valence-corrected chi connectivity index (χ1v) is 9.53. The van der Waals surface area contributed by atoms with Crippen LogP contribution < -0.4 is 11.5 Å². The van der Waals surface area contributed by atoms with Gasteiger partial charge in [-0.1, -0.05) is 67.6 Å². The van der Waals surface area contributed by atoms with Crippen molar-refractivity contribution in [1.82, 2.24) is 0 Å². The van der Waals surface area contributed by atoms with Gasteiger partial charge >= 0.3 is 6.09 Å². The van der Waals surface area contributed by atoms with Gasteiger partial charge in [0, 0.05) is 5.92 Å². The monoisotopic (exact) mass is 382 g/mol. The number of aldehydes is 1. The van der Waals surface area contributed by atoms with Gasteiger partial charge in [0.25, 0.3) is 0 Å². The van der Waals surface area contributed by atoms with E-state index in [0.717, 1.165) is 17.4 Å². The summed E-state index contributed by atoms with van der Waals surface area (Å²) in [5, 5.41) is 0. The molecule has 0 aliphatic rings. The summed E-state index contributed by atoms with van der Waals surface area (Å²) in [6.45, 7) is 5.57. The van der Waals surface area contributed by atoms with Gasteiger partial charge in [0.1, 0.15) is 11.9 Å². The first kappa shape index (κ1) is 21.6. The van der Waals surface area contributed by atoms with Crippen LogP contribution >= 0.6 is 0 Å². The molecule has 0 aliphatic heterocycles. The highest BCUT2D eigenvalue weighted by atomic mass is 16.6. The Balaban J connectivity index is 2.35. The Morgan fingerprint density at radius 3 is 1.89 bits per heavy atom. The zero-order chi connectivity index (χ0) is 20.8. The van der Waals surface area contributed by atoms with E-state index in [4.69, 9.17) is 16.2 Å². The zero-order valence-corrected chi connectivity index (χ0v) is 16.8. The molecule has 5 nitrogen and oxygen atoms in total. The molecule has 2 rings (SSSR count). The molecule has 1 amide bonds. The average molecular weight is 383 g/mol. The number of benzene rings is 2. The lowest BCUT2D eigenvalue weighted by atomic mass is 9.68. The van der Waals surface area contributed by atoms with E-state index in [1.807, 2.05) is 67.6 Å². The molecule has 0 saturated heterocycles. The van der Waals surface area contributed by atoms with Gasteiger partial charge in [-0.15, -0.1) is 0 Å². The molecule has 0 aromatic heterocycles. The average Bonchev–Trinajstić information content (AvgIpc) is 2.67. The van der Waals surface area contributed by atoms with Crippen LogP contribution in [0.1, 0.15) is 50.7 Å². The Hall–Kier alpha value is -2.66. The smallest absolute Gasteiger partial charge is 0.405 e. The van der Waals surface area contributed by atoms with Gasteiger partial charge in [-0.05, 0) is 43.7 Å². The maximum atomic E-state index is 12.3. The van der Waals surface area contributed by atoms with Crippen LogP contribution in [0.15, 0.2) is 60.7 Å². The van der Waals surface area contributed by atoms with Crippen LogP contribution in [0, 0.1) is 5.92 Å². The standard InChI is InChI=1S/C23H30N2O3/c1-17(14-15-22(2,3)28-21(24)27)23(25,16-26)20(18-10-6-4-7-11-18)19-12-8-5-9-13-19/h4-13,16-17,20H,14-15,25H2,1-3H3,(H2,24,27). The molecule has 2 atom stereocenters. The molecule has 0 heterocycles. The Labute approximate surface area is 167 Å². The fourth-order valence-corrected chi connectivity index (χ4v) is 3.67.